The van der Waals surface area contributed by atoms with E-state index in [9.17, 15) is 4.79 Å². The zero-order chi connectivity index (χ0) is 15.8. The quantitative estimate of drug-likeness (QED) is 0.774. The summed E-state index contributed by atoms with van der Waals surface area (Å²) < 4.78 is 0. The Morgan fingerprint density at radius 1 is 1.24 bits per heavy atom. The lowest BCUT2D eigenvalue weighted by molar-refractivity contribution is 0.0948. The molecule has 0 aliphatic rings. The largest absolute Gasteiger partial charge is 0.382 e. The minimum Gasteiger partial charge on any atom is -0.382 e. The van der Waals surface area contributed by atoms with Crippen LogP contribution in [0.25, 0.3) is 0 Å². The Morgan fingerprint density at radius 2 is 1.90 bits per heavy atom. The van der Waals surface area contributed by atoms with Gasteiger partial charge in [0.1, 0.15) is 0 Å². The summed E-state index contributed by atoms with van der Waals surface area (Å²) in [5, 5.41) is 6.31. The summed E-state index contributed by atoms with van der Waals surface area (Å²) in [6, 6.07) is 8.48. The summed E-state index contributed by atoms with van der Waals surface area (Å²) in [5.74, 6) is -0.0173. The number of hydrogen-bond donors (Lipinski definition) is 2. The van der Waals surface area contributed by atoms with Crippen molar-refractivity contribution in [2.45, 2.75) is 46.2 Å². The lowest BCUT2D eigenvalue weighted by Crippen LogP contribution is -2.37. The van der Waals surface area contributed by atoms with Gasteiger partial charge in [0.25, 0.3) is 5.91 Å². The summed E-state index contributed by atoms with van der Waals surface area (Å²) in [6.45, 7) is 10.0. The van der Waals surface area contributed by atoms with Crippen LogP contribution in [0.15, 0.2) is 24.3 Å². The van der Waals surface area contributed by atoms with E-state index in [-0.39, 0.29) is 5.91 Å². The predicted octanol–water partition coefficient (Wildman–Crippen LogP) is 2.97. The number of benzene rings is 1. The molecule has 118 valence electrons. The summed E-state index contributed by atoms with van der Waals surface area (Å²) >= 11 is 0. The van der Waals surface area contributed by atoms with Crippen molar-refractivity contribution in [3.8, 4) is 0 Å². The first-order chi connectivity index (χ1) is 9.95. The van der Waals surface area contributed by atoms with Gasteiger partial charge in [0.2, 0.25) is 0 Å². The predicted molar refractivity (Wildman–Crippen MR) is 89.9 cm³/mol. The Labute approximate surface area is 128 Å². The number of nitrogens with zero attached hydrogens (tertiary/aromatic N) is 1. The fourth-order valence-corrected chi connectivity index (χ4v) is 2.09. The van der Waals surface area contributed by atoms with Crippen LogP contribution in [0, 0.1) is 0 Å². The van der Waals surface area contributed by atoms with Gasteiger partial charge in [-0.2, -0.15) is 0 Å². The molecule has 4 heteroatoms. The van der Waals surface area contributed by atoms with E-state index >= 15 is 0 Å². The molecular weight excluding hydrogens is 262 g/mol. The molecule has 0 aromatic heterocycles. The lowest BCUT2D eigenvalue weighted by atomic mass is 10.1. The molecule has 0 bridgehead atoms. The summed E-state index contributed by atoms with van der Waals surface area (Å²) in [7, 11) is 2.09. The molecule has 0 aliphatic heterocycles. The van der Waals surface area contributed by atoms with E-state index in [0.717, 1.165) is 18.7 Å². The molecule has 1 aromatic rings. The third kappa shape index (κ3) is 5.76. The van der Waals surface area contributed by atoms with E-state index in [1.807, 2.05) is 24.3 Å². The van der Waals surface area contributed by atoms with Gasteiger partial charge < -0.3 is 15.5 Å². The number of likely N-dealkylation sites (N-methyl/N-ethyl adjacent to an activating group) is 1. The van der Waals surface area contributed by atoms with Crippen LogP contribution in [-0.4, -0.2) is 43.0 Å². The molecule has 2 N–H and O–H groups in total. The van der Waals surface area contributed by atoms with Crippen LogP contribution in [0.5, 0.6) is 0 Å². The molecule has 0 fully saturated rings. The van der Waals surface area contributed by atoms with Crippen LogP contribution in [0.4, 0.5) is 5.69 Å². The van der Waals surface area contributed by atoms with Crippen LogP contribution < -0.4 is 10.6 Å². The molecule has 21 heavy (non-hydrogen) atoms. The number of anilines is 1. The molecule has 0 aliphatic carbocycles. The van der Waals surface area contributed by atoms with Crippen molar-refractivity contribution in [1.29, 1.82) is 0 Å². The fraction of sp³-hybridized carbons (Fsp3) is 0.588. The third-order valence-corrected chi connectivity index (χ3v) is 3.71. The first-order valence-electron chi connectivity index (χ1n) is 7.79. The van der Waals surface area contributed by atoms with Crippen molar-refractivity contribution in [2.24, 2.45) is 0 Å². The van der Waals surface area contributed by atoms with Gasteiger partial charge in [0.05, 0.1) is 5.56 Å². The second-order valence-electron chi connectivity index (χ2n) is 5.84. The third-order valence-electron chi connectivity index (χ3n) is 3.71. The minimum absolute atomic E-state index is 0.0173. The number of hydrogen-bond acceptors (Lipinski definition) is 3. The summed E-state index contributed by atoms with van der Waals surface area (Å²) in [6.07, 6.45) is 1.12. The maximum absolute atomic E-state index is 12.3. The SMILES string of the molecule is CCC(C)N(C)CCNC(=O)c1ccccc1NC(C)C. The second kappa shape index (κ2) is 8.67. The molecule has 1 rings (SSSR count). The number of rotatable bonds is 8. The maximum atomic E-state index is 12.3. The number of para-hydroxylation sites is 1. The summed E-state index contributed by atoms with van der Waals surface area (Å²) in [5.41, 5.74) is 1.60. The van der Waals surface area contributed by atoms with Crippen LogP contribution in [-0.2, 0) is 0 Å². The van der Waals surface area contributed by atoms with E-state index < -0.39 is 0 Å². The molecule has 1 amide bonds. The van der Waals surface area contributed by atoms with Crippen molar-refractivity contribution < 1.29 is 4.79 Å². The van der Waals surface area contributed by atoms with Crippen molar-refractivity contribution in [3.05, 3.63) is 29.8 Å². The van der Waals surface area contributed by atoms with Crippen molar-refractivity contribution >= 4 is 11.6 Å². The molecule has 0 saturated carbocycles. The van der Waals surface area contributed by atoms with Crippen LogP contribution in [0.1, 0.15) is 44.5 Å². The average molecular weight is 291 g/mol. The molecule has 4 nitrogen and oxygen atoms in total. The zero-order valence-corrected chi connectivity index (χ0v) is 13.9. The molecule has 0 spiro atoms. The monoisotopic (exact) mass is 291 g/mol. The highest BCUT2D eigenvalue weighted by atomic mass is 16.1. The van der Waals surface area contributed by atoms with Crippen molar-refractivity contribution in [2.75, 3.05) is 25.5 Å². The Morgan fingerprint density at radius 3 is 2.52 bits per heavy atom. The van der Waals surface area contributed by atoms with Gasteiger partial charge in [0, 0.05) is 30.9 Å². The first kappa shape index (κ1) is 17.5. The van der Waals surface area contributed by atoms with Gasteiger partial charge in [-0.15, -0.1) is 0 Å². The topological polar surface area (TPSA) is 44.4 Å². The molecule has 0 radical (unpaired) electrons. The first-order valence-corrected chi connectivity index (χ1v) is 7.79. The Bertz CT molecular complexity index is 445. The molecule has 0 heterocycles. The Kier molecular flexibility index (Phi) is 7.23. The lowest BCUT2D eigenvalue weighted by Gasteiger charge is -2.23. The van der Waals surface area contributed by atoms with Gasteiger partial charge >= 0.3 is 0 Å². The normalized spacial score (nSPS) is 12.5. The minimum atomic E-state index is -0.0173. The van der Waals surface area contributed by atoms with Crippen LogP contribution >= 0.6 is 0 Å². The highest BCUT2D eigenvalue weighted by Gasteiger charge is 2.12. The highest BCUT2D eigenvalue weighted by molar-refractivity contribution is 5.99. The van der Waals surface area contributed by atoms with E-state index in [4.69, 9.17) is 0 Å². The molecular formula is C17H29N3O. The van der Waals surface area contributed by atoms with Gasteiger partial charge in [0.15, 0.2) is 0 Å². The fourth-order valence-electron chi connectivity index (χ4n) is 2.09. The molecule has 1 unspecified atom stereocenters. The van der Waals surface area contributed by atoms with E-state index in [1.54, 1.807) is 0 Å². The molecule has 0 saturated heterocycles. The van der Waals surface area contributed by atoms with Gasteiger partial charge in [-0.05, 0) is 46.4 Å². The standard InChI is InChI=1S/C17H29N3O/c1-6-14(4)20(5)12-11-18-17(21)15-9-7-8-10-16(15)19-13(2)3/h7-10,13-14,19H,6,11-12H2,1-5H3,(H,18,21). The van der Waals surface area contributed by atoms with E-state index in [2.05, 4.69) is 50.3 Å². The highest BCUT2D eigenvalue weighted by Crippen LogP contribution is 2.15. The Hall–Kier alpha value is -1.55. The molecule has 1 atom stereocenters. The number of nitrogens with one attached hydrogen (secondary N) is 2. The van der Waals surface area contributed by atoms with E-state index in [0.29, 0.717) is 24.2 Å². The van der Waals surface area contributed by atoms with Crippen molar-refractivity contribution in [3.63, 3.8) is 0 Å². The number of amides is 1. The smallest absolute Gasteiger partial charge is 0.253 e. The Balaban J connectivity index is 2.56. The average Bonchev–Trinajstić information content (AvgIpc) is 2.46. The van der Waals surface area contributed by atoms with Crippen LogP contribution in [0.2, 0.25) is 0 Å². The van der Waals surface area contributed by atoms with Crippen molar-refractivity contribution in [1.82, 2.24) is 10.2 Å². The summed E-state index contributed by atoms with van der Waals surface area (Å²) in [4.78, 5) is 14.6. The molecule has 1 aromatic carbocycles. The maximum Gasteiger partial charge on any atom is 0.253 e. The van der Waals surface area contributed by atoms with Gasteiger partial charge in [-0.3, -0.25) is 4.79 Å². The second-order valence-corrected chi connectivity index (χ2v) is 5.84. The van der Waals surface area contributed by atoms with Crippen LogP contribution in [0.3, 0.4) is 0 Å². The van der Waals surface area contributed by atoms with E-state index in [1.165, 1.54) is 0 Å². The number of carbonyl (C=O) groups excluding carboxylic acids is 1. The van der Waals surface area contributed by atoms with Gasteiger partial charge in [-0.1, -0.05) is 19.1 Å². The number of carbonyl (C=O) groups is 1. The van der Waals surface area contributed by atoms with Gasteiger partial charge in [-0.25, -0.2) is 0 Å². The zero-order valence-electron chi connectivity index (χ0n) is 13.9.